The van der Waals surface area contributed by atoms with Gasteiger partial charge < -0.3 is 14.5 Å². The third-order valence-electron chi connectivity index (χ3n) is 5.75. The number of amides is 2. The summed E-state index contributed by atoms with van der Waals surface area (Å²) in [4.78, 5) is 44.7. The Morgan fingerprint density at radius 3 is 2.65 bits per heavy atom. The number of carbonyl (C=O) groups excluding carboxylic acids is 3. The van der Waals surface area contributed by atoms with E-state index in [0.29, 0.717) is 0 Å². The summed E-state index contributed by atoms with van der Waals surface area (Å²) in [5, 5.41) is 0. The predicted molar refractivity (Wildman–Crippen MR) is 97.7 cm³/mol. The first-order valence-electron chi connectivity index (χ1n) is 8.19. The highest BCUT2D eigenvalue weighted by molar-refractivity contribution is 8.78. The van der Waals surface area contributed by atoms with Crippen LogP contribution in [0.1, 0.15) is 31.9 Å². The van der Waals surface area contributed by atoms with Crippen LogP contribution in [0.2, 0.25) is 0 Å². The van der Waals surface area contributed by atoms with Crippen molar-refractivity contribution in [3.05, 3.63) is 30.1 Å². The summed E-state index contributed by atoms with van der Waals surface area (Å²) in [5.74, 6) is -0.743. The number of pyridine rings is 1. The molecule has 0 N–H and O–H groups in total. The standard InChI is InChI=1S/C17H19N3O4S2/c1-15(14(23)24-4)9-17-13(22)19(3)16(2,25-26-17)12(21)20(17)11(15)10-6-5-7-18-8-10/h5-8,11H,9H2,1-4H3. The average molecular weight is 393 g/mol. The molecule has 1 aromatic heterocycles. The fourth-order valence-electron chi connectivity index (χ4n) is 4.27. The molecule has 2 amide bonds. The molecule has 138 valence electrons. The van der Waals surface area contributed by atoms with Crippen molar-refractivity contribution in [1.82, 2.24) is 14.8 Å². The number of carbonyl (C=O) groups is 3. The Labute approximate surface area is 159 Å². The van der Waals surface area contributed by atoms with Gasteiger partial charge in [0.15, 0.2) is 9.74 Å². The fourth-order valence-corrected chi connectivity index (χ4v) is 7.86. The Morgan fingerprint density at radius 1 is 1.31 bits per heavy atom. The summed E-state index contributed by atoms with van der Waals surface area (Å²) in [5.41, 5.74) is -0.324. The highest BCUT2D eigenvalue weighted by Crippen LogP contribution is 2.69. The molecule has 0 aromatic carbocycles. The number of nitrogens with zero attached hydrogens (tertiary/aromatic N) is 3. The van der Waals surface area contributed by atoms with Gasteiger partial charge in [0.25, 0.3) is 11.8 Å². The molecule has 5 rings (SSSR count). The van der Waals surface area contributed by atoms with Gasteiger partial charge in [0.05, 0.1) is 18.6 Å². The minimum Gasteiger partial charge on any atom is -0.469 e. The molecule has 4 atom stereocenters. The number of likely N-dealkylation sites (N-methyl/N-ethyl adjacent to an activating group) is 1. The molecule has 1 spiro atoms. The van der Waals surface area contributed by atoms with Gasteiger partial charge in [-0.05, 0) is 25.5 Å². The number of fused-ring (bicyclic) bond motifs is 2. The number of hydrogen-bond donors (Lipinski definition) is 0. The van der Waals surface area contributed by atoms with Crippen molar-refractivity contribution in [2.45, 2.75) is 36.1 Å². The number of rotatable bonds is 2. The largest absolute Gasteiger partial charge is 0.469 e. The molecule has 4 fully saturated rings. The van der Waals surface area contributed by atoms with Crippen molar-refractivity contribution in [2.75, 3.05) is 14.2 Å². The first kappa shape index (κ1) is 17.7. The molecule has 7 nitrogen and oxygen atoms in total. The molecule has 1 aromatic rings. The van der Waals surface area contributed by atoms with Crippen LogP contribution in [0.15, 0.2) is 24.5 Å². The summed E-state index contributed by atoms with van der Waals surface area (Å²) >= 11 is 0. The second kappa shape index (κ2) is 5.39. The van der Waals surface area contributed by atoms with E-state index in [9.17, 15) is 14.4 Å². The van der Waals surface area contributed by atoms with Crippen molar-refractivity contribution in [3.63, 3.8) is 0 Å². The number of aromatic nitrogens is 1. The van der Waals surface area contributed by atoms with E-state index in [2.05, 4.69) is 4.98 Å². The highest BCUT2D eigenvalue weighted by Gasteiger charge is 2.76. The van der Waals surface area contributed by atoms with Crippen LogP contribution in [0, 0.1) is 5.41 Å². The summed E-state index contributed by atoms with van der Waals surface area (Å²) in [7, 11) is 5.74. The van der Waals surface area contributed by atoms with Gasteiger partial charge in [-0.15, -0.1) is 0 Å². The van der Waals surface area contributed by atoms with Crippen LogP contribution in [0.3, 0.4) is 0 Å². The molecule has 2 bridgehead atoms. The van der Waals surface area contributed by atoms with Crippen molar-refractivity contribution in [2.24, 2.45) is 5.41 Å². The van der Waals surface area contributed by atoms with Crippen LogP contribution >= 0.6 is 21.6 Å². The number of piperazine rings is 1. The molecule has 4 aliphatic rings. The van der Waals surface area contributed by atoms with E-state index in [1.54, 1.807) is 44.3 Å². The van der Waals surface area contributed by atoms with Gasteiger partial charge in [0.1, 0.15) is 0 Å². The predicted octanol–water partition coefficient (Wildman–Crippen LogP) is 1.81. The Kier molecular flexibility index (Phi) is 3.66. The zero-order chi connectivity index (χ0) is 18.9. The summed E-state index contributed by atoms with van der Waals surface area (Å²) < 4.78 is 5.08. The Bertz CT molecular complexity index is 821. The molecule has 4 saturated heterocycles. The van der Waals surface area contributed by atoms with Crippen LogP contribution in [-0.4, -0.2) is 56.5 Å². The highest BCUT2D eigenvalue weighted by atomic mass is 33.1. The van der Waals surface area contributed by atoms with Crippen LogP contribution in [0.4, 0.5) is 0 Å². The molecule has 26 heavy (non-hydrogen) atoms. The number of hydrogen-bond acceptors (Lipinski definition) is 7. The second-order valence-electron chi connectivity index (χ2n) is 7.25. The third kappa shape index (κ3) is 1.87. The fraction of sp³-hybridized carbons (Fsp3) is 0.529. The molecule has 0 aliphatic carbocycles. The lowest BCUT2D eigenvalue weighted by atomic mass is 9.78. The maximum atomic E-state index is 13.4. The monoisotopic (exact) mass is 393 g/mol. The summed E-state index contributed by atoms with van der Waals surface area (Å²) in [6.07, 6.45) is 3.49. The SMILES string of the molecule is COC(=O)C1(C)CC23SSC(C)(C(=O)N2C1c1cccnc1)N(C)C3=O. The van der Waals surface area contributed by atoms with E-state index in [1.807, 2.05) is 6.07 Å². The van der Waals surface area contributed by atoms with Gasteiger partial charge in [0, 0.05) is 25.9 Å². The van der Waals surface area contributed by atoms with Crippen LogP contribution < -0.4 is 0 Å². The maximum absolute atomic E-state index is 13.4. The quantitative estimate of drug-likeness (QED) is 0.560. The lowest BCUT2D eigenvalue weighted by molar-refractivity contribution is -0.165. The van der Waals surface area contributed by atoms with Gasteiger partial charge in [-0.1, -0.05) is 27.7 Å². The third-order valence-corrected chi connectivity index (χ3v) is 9.44. The zero-order valence-corrected chi connectivity index (χ0v) is 16.5. The zero-order valence-electron chi connectivity index (χ0n) is 14.9. The molecule has 0 radical (unpaired) electrons. The molecule has 0 saturated carbocycles. The second-order valence-corrected chi connectivity index (χ2v) is 10.1. The van der Waals surface area contributed by atoms with Crippen molar-refractivity contribution in [3.8, 4) is 0 Å². The topological polar surface area (TPSA) is 79.8 Å². The Morgan fingerprint density at radius 2 is 2.04 bits per heavy atom. The summed E-state index contributed by atoms with van der Waals surface area (Å²) in [6.45, 7) is 3.52. The molecular weight excluding hydrogens is 374 g/mol. The van der Waals surface area contributed by atoms with Crippen molar-refractivity contribution < 1.29 is 19.1 Å². The van der Waals surface area contributed by atoms with Gasteiger partial charge >= 0.3 is 5.97 Å². The molecular formula is C17H19N3O4S2. The van der Waals surface area contributed by atoms with Gasteiger partial charge in [-0.25, -0.2) is 0 Å². The average Bonchev–Trinajstić information content (AvgIpc) is 2.93. The molecule has 4 unspecified atom stereocenters. The van der Waals surface area contributed by atoms with Crippen LogP contribution in [0.25, 0.3) is 0 Å². The van der Waals surface area contributed by atoms with Crippen molar-refractivity contribution >= 4 is 39.4 Å². The minimum atomic E-state index is -1.11. The van der Waals surface area contributed by atoms with E-state index in [0.717, 1.165) is 5.56 Å². The molecule has 4 aliphatic heterocycles. The maximum Gasteiger partial charge on any atom is 0.314 e. The Hall–Kier alpha value is -1.74. The first-order chi connectivity index (χ1) is 12.2. The minimum absolute atomic E-state index is 0.148. The van der Waals surface area contributed by atoms with Gasteiger partial charge in [-0.3, -0.25) is 19.4 Å². The van der Waals surface area contributed by atoms with Crippen molar-refractivity contribution in [1.29, 1.82) is 0 Å². The van der Waals surface area contributed by atoms with E-state index < -0.39 is 27.2 Å². The van der Waals surface area contributed by atoms with E-state index in [-0.39, 0.29) is 18.2 Å². The lowest BCUT2D eigenvalue weighted by Crippen LogP contribution is -2.73. The number of esters is 1. The van der Waals surface area contributed by atoms with E-state index in [1.165, 1.54) is 33.6 Å². The normalized spacial score (nSPS) is 38.5. The van der Waals surface area contributed by atoms with Gasteiger partial charge in [-0.2, -0.15) is 0 Å². The van der Waals surface area contributed by atoms with Gasteiger partial charge in [0.2, 0.25) is 0 Å². The smallest absolute Gasteiger partial charge is 0.314 e. The van der Waals surface area contributed by atoms with Crippen LogP contribution in [0.5, 0.6) is 0 Å². The first-order valence-corrected chi connectivity index (χ1v) is 10.3. The number of methoxy groups -OCH3 is 1. The molecule has 5 heterocycles. The van der Waals surface area contributed by atoms with E-state index >= 15 is 0 Å². The summed E-state index contributed by atoms with van der Waals surface area (Å²) in [6, 6.07) is 2.99. The lowest BCUT2D eigenvalue weighted by Gasteiger charge is -2.57. The number of ether oxygens (including phenoxy) is 1. The Balaban J connectivity index is 1.96. The molecule has 9 heteroatoms. The van der Waals surface area contributed by atoms with Crippen LogP contribution in [-0.2, 0) is 19.1 Å². The van der Waals surface area contributed by atoms with E-state index in [4.69, 9.17) is 4.74 Å².